The number of benzene rings is 2. The van der Waals surface area contributed by atoms with E-state index in [4.69, 9.17) is 35.6 Å². The molecule has 9 rings (SSSR count). The molecule has 0 amide bonds. The molecule has 242 valence electrons. The van der Waals surface area contributed by atoms with Gasteiger partial charge < -0.3 is 24.4 Å². The maximum absolute atomic E-state index is 17.1. The van der Waals surface area contributed by atoms with Crippen molar-refractivity contribution in [3.8, 4) is 35.5 Å². The molecule has 3 saturated heterocycles. The number of hydrogen-bond acceptors (Lipinski definition) is 9. The molecule has 0 radical (unpaired) electrons. The van der Waals surface area contributed by atoms with E-state index in [-0.39, 0.29) is 52.3 Å². The fourth-order valence-electron chi connectivity index (χ4n) is 8.20. The smallest absolute Gasteiger partial charge is 0.319 e. The lowest BCUT2D eigenvalue weighted by molar-refractivity contribution is 0.0231. The predicted molar refractivity (Wildman–Crippen MR) is 174 cm³/mol. The highest BCUT2D eigenvalue weighted by molar-refractivity contribution is 6.03. The summed E-state index contributed by atoms with van der Waals surface area (Å²) in [6.07, 6.45) is 9.68. The van der Waals surface area contributed by atoms with Gasteiger partial charge in [0.2, 0.25) is 5.88 Å². The first kappa shape index (κ1) is 29.1. The number of anilines is 1. The fraction of sp³-hybridized carbons (Fsp3) is 0.472. The number of nitrogens with one attached hydrogen (secondary N) is 1. The van der Waals surface area contributed by atoms with Crippen molar-refractivity contribution in [2.75, 3.05) is 50.9 Å². The highest BCUT2D eigenvalue weighted by Crippen LogP contribution is 2.48. The van der Waals surface area contributed by atoms with Crippen LogP contribution in [0.25, 0.3) is 32.9 Å². The molecule has 4 aromatic rings. The number of terminal acetylenes is 1. The number of morpholine rings is 1. The van der Waals surface area contributed by atoms with Gasteiger partial charge in [-0.1, -0.05) is 30.2 Å². The third kappa shape index (κ3) is 4.80. The van der Waals surface area contributed by atoms with Crippen molar-refractivity contribution in [1.29, 1.82) is 0 Å². The van der Waals surface area contributed by atoms with Gasteiger partial charge in [0.1, 0.15) is 34.3 Å². The lowest BCUT2D eigenvalue weighted by Crippen LogP contribution is -2.62. The molecule has 6 heterocycles. The van der Waals surface area contributed by atoms with Crippen LogP contribution >= 0.6 is 0 Å². The third-order valence-electron chi connectivity index (χ3n) is 10.7. The number of hydrogen-bond donors (Lipinski definition) is 1. The van der Waals surface area contributed by atoms with Gasteiger partial charge in [0, 0.05) is 54.6 Å². The molecule has 47 heavy (non-hydrogen) atoms. The Morgan fingerprint density at radius 1 is 1.09 bits per heavy atom. The molecule has 0 unspecified atom stereocenters. The van der Waals surface area contributed by atoms with E-state index in [1.807, 2.05) is 13.0 Å². The molecule has 4 aliphatic heterocycles. The summed E-state index contributed by atoms with van der Waals surface area (Å²) in [5.74, 6) is 2.09. The molecule has 9 nitrogen and oxygen atoms in total. The molecular weight excluding hydrogens is 602 g/mol. The summed E-state index contributed by atoms with van der Waals surface area (Å²) in [6, 6.07) is 8.87. The van der Waals surface area contributed by atoms with Crippen LogP contribution in [0, 0.1) is 29.4 Å². The number of nitrogens with zero attached hydrogens (tertiary/aromatic N) is 5. The van der Waals surface area contributed by atoms with Crippen molar-refractivity contribution in [2.24, 2.45) is 5.41 Å². The van der Waals surface area contributed by atoms with Crippen LogP contribution in [0.1, 0.15) is 38.2 Å². The van der Waals surface area contributed by atoms with Gasteiger partial charge in [-0.05, 0) is 44.1 Å². The quantitative estimate of drug-likeness (QED) is 0.303. The van der Waals surface area contributed by atoms with Crippen molar-refractivity contribution >= 4 is 27.5 Å². The zero-order valence-corrected chi connectivity index (χ0v) is 26.3. The lowest BCUT2D eigenvalue weighted by atomic mass is 9.96. The van der Waals surface area contributed by atoms with E-state index >= 15 is 4.39 Å². The highest BCUT2D eigenvalue weighted by Gasteiger charge is 2.48. The number of fused-ring (bicyclic) bond motifs is 6. The van der Waals surface area contributed by atoms with Gasteiger partial charge in [-0.25, -0.2) is 13.8 Å². The second-order valence-corrected chi connectivity index (χ2v) is 13.8. The normalized spacial score (nSPS) is 26.0. The summed E-state index contributed by atoms with van der Waals surface area (Å²) in [5, 5.41) is 5.26. The molecule has 1 saturated carbocycles. The topological polar surface area (TPSA) is 84.9 Å². The van der Waals surface area contributed by atoms with Crippen LogP contribution in [-0.2, 0) is 4.74 Å². The highest BCUT2D eigenvalue weighted by atomic mass is 19.1. The minimum Gasteiger partial charge on any atom is -0.472 e. The van der Waals surface area contributed by atoms with E-state index in [0.29, 0.717) is 46.7 Å². The molecular formula is C36H36F2N6O3. The Kier molecular flexibility index (Phi) is 6.79. The SMILES string of the molecule is C#Cc1c(F)ccc2cccc(-c3nc4c5c(nc(OCC6(CN7CCOCC7)CC6)nc5c3F)N3C[C@H]5CC[C@H](N5)[C@H]3[C@H](C)O4)c12. The maximum atomic E-state index is 17.1. The van der Waals surface area contributed by atoms with Gasteiger partial charge in [-0.3, -0.25) is 4.90 Å². The molecule has 4 atom stereocenters. The largest absolute Gasteiger partial charge is 0.472 e. The number of ether oxygens (including phenoxy) is 3. The van der Waals surface area contributed by atoms with Crippen molar-refractivity contribution < 1.29 is 23.0 Å². The predicted octanol–water partition coefficient (Wildman–Crippen LogP) is 4.69. The summed E-state index contributed by atoms with van der Waals surface area (Å²) < 4.78 is 50.6. The van der Waals surface area contributed by atoms with Crippen molar-refractivity contribution in [3.05, 3.63) is 47.5 Å². The zero-order valence-electron chi connectivity index (χ0n) is 26.3. The minimum absolute atomic E-state index is 0.00602. The minimum atomic E-state index is -0.653. The number of pyridine rings is 1. The Morgan fingerprint density at radius 2 is 1.94 bits per heavy atom. The van der Waals surface area contributed by atoms with E-state index < -0.39 is 11.6 Å². The van der Waals surface area contributed by atoms with E-state index in [9.17, 15) is 4.39 Å². The van der Waals surface area contributed by atoms with Gasteiger partial charge in [-0.15, -0.1) is 6.42 Å². The molecule has 11 heteroatoms. The van der Waals surface area contributed by atoms with E-state index in [1.54, 1.807) is 18.2 Å². The monoisotopic (exact) mass is 638 g/mol. The first-order valence-electron chi connectivity index (χ1n) is 16.6. The third-order valence-corrected chi connectivity index (χ3v) is 10.7. The Morgan fingerprint density at radius 3 is 2.74 bits per heavy atom. The average molecular weight is 639 g/mol. The number of rotatable bonds is 6. The van der Waals surface area contributed by atoms with Crippen LogP contribution in [0.4, 0.5) is 14.6 Å². The lowest BCUT2D eigenvalue weighted by Gasteiger charge is -2.42. The summed E-state index contributed by atoms with van der Waals surface area (Å²) >= 11 is 0. The van der Waals surface area contributed by atoms with Crippen LogP contribution in [0.3, 0.4) is 0 Å². The molecule has 2 bridgehead atoms. The second kappa shape index (κ2) is 11.0. The van der Waals surface area contributed by atoms with Gasteiger partial charge in [-0.2, -0.15) is 9.97 Å². The van der Waals surface area contributed by atoms with E-state index in [1.165, 1.54) is 6.07 Å². The number of halogens is 2. The van der Waals surface area contributed by atoms with Gasteiger partial charge in [0.25, 0.3) is 0 Å². The fourth-order valence-corrected chi connectivity index (χ4v) is 8.20. The average Bonchev–Trinajstić information content (AvgIpc) is 3.78. The first-order chi connectivity index (χ1) is 22.9. The second-order valence-electron chi connectivity index (χ2n) is 13.8. The molecule has 2 aromatic carbocycles. The van der Waals surface area contributed by atoms with Gasteiger partial charge >= 0.3 is 6.01 Å². The zero-order chi connectivity index (χ0) is 31.9. The van der Waals surface area contributed by atoms with Crippen LogP contribution in [0.5, 0.6) is 11.9 Å². The molecule has 1 N–H and O–H groups in total. The van der Waals surface area contributed by atoms with Crippen LogP contribution in [0.2, 0.25) is 0 Å². The summed E-state index contributed by atoms with van der Waals surface area (Å²) in [7, 11) is 0. The number of aromatic nitrogens is 3. The Labute approximate surface area is 271 Å². The van der Waals surface area contributed by atoms with Crippen molar-refractivity contribution in [3.63, 3.8) is 0 Å². The van der Waals surface area contributed by atoms with Crippen molar-refractivity contribution in [2.45, 2.75) is 56.8 Å². The Bertz CT molecular complexity index is 1960. The maximum Gasteiger partial charge on any atom is 0.319 e. The molecule has 5 aliphatic rings. The Hall–Kier alpha value is -4.11. The van der Waals surface area contributed by atoms with Crippen LogP contribution in [-0.4, -0.2) is 90.1 Å². The summed E-state index contributed by atoms with van der Waals surface area (Å²) in [4.78, 5) is 19.2. The standard InChI is InChI=1S/C36H36F2N6O3/c1-3-23-25(37)9-7-21-5-4-6-24(27(21)23)30-29(38)31-28-33(44-17-22-8-10-26(39-22)32(44)20(2)47-34(28)40-30)42-35(41-31)46-19-36(11-12-36)18-43-13-15-45-16-14-43/h1,4-7,9,20,22,26,32,39H,8,10-19H2,2H3/t20-,22+,26-,32+/m0/s1. The molecule has 1 aliphatic carbocycles. The van der Waals surface area contributed by atoms with E-state index in [0.717, 1.165) is 58.5 Å². The summed E-state index contributed by atoms with van der Waals surface area (Å²) in [6.45, 7) is 7.40. The van der Waals surface area contributed by atoms with Crippen LogP contribution in [0.15, 0.2) is 30.3 Å². The van der Waals surface area contributed by atoms with Gasteiger partial charge in [0.05, 0.1) is 31.4 Å². The van der Waals surface area contributed by atoms with Gasteiger partial charge in [0.15, 0.2) is 5.82 Å². The van der Waals surface area contributed by atoms with Crippen LogP contribution < -0.4 is 19.7 Å². The molecule has 4 fully saturated rings. The molecule has 0 spiro atoms. The summed E-state index contributed by atoms with van der Waals surface area (Å²) in [5.41, 5.74) is 0.505. The van der Waals surface area contributed by atoms with E-state index in [2.05, 4.69) is 21.0 Å². The first-order valence-corrected chi connectivity index (χ1v) is 16.6. The Balaban J connectivity index is 1.20. The molecule has 2 aromatic heterocycles. The van der Waals surface area contributed by atoms with Crippen molar-refractivity contribution in [1.82, 2.24) is 25.2 Å². The number of piperazine rings is 1.